The van der Waals surface area contributed by atoms with Crippen molar-refractivity contribution in [2.24, 2.45) is 0 Å². The molecule has 0 spiro atoms. The van der Waals surface area contributed by atoms with Gasteiger partial charge in [0.1, 0.15) is 5.75 Å². The zero-order valence-corrected chi connectivity index (χ0v) is 19.4. The summed E-state index contributed by atoms with van der Waals surface area (Å²) in [5.41, 5.74) is 7.27. The Morgan fingerprint density at radius 1 is 0.567 bits per heavy atom. The molecule has 1 heteroatoms. The Morgan fingerprint density at radius 2 is 1.00 bits per heavy atom. The molecule has 0 heterocycles. The first-order valence-corrected chi connectivity index (χ1v) is 11.0. The maximum Gasteiger partial charge on any atom is 0.123 e. The molecular formula is C29H36O. The fraction of sp³-hybridized carbons (Fsp3) is 0.379. The van der Waals surface area contributed by atoms with E-state index in [1.165, 1.54) is 22.3 Å². The Hall–Kier alpha value is -2.54. The zero-order chi connectivity index (χ0) is 21.9. The van der Waals surface area contributed by atoms with Crippen molar-refractivity contribution in [2.45, 2.75) is 71.6 Å². The van der Waals surface area contributed by atoms with Crippen molar-refractivity contribution in [2.75, 3.05) is 0 Å². The van der Waals surface area contributed by atoms with Gasteiger partial charge in [0, 0.05) is 0 Å². The minimum atomic E-state index is -0.0841. The van der Waals surface area contributed by atoms with E-state index in [4.69, 9.17) is 0 Å². The van der Waals surface area contributed by atoms with Gasteiger partial charge in [0.2, 0.25) is 0 Å². The number of benzene rings is 3. The highest BCUT2D eigenvalue weighted by Gasteiger charge is 2.26. The number of aryl methyl sites for hydroxylation is 2. The number of hydrogen-bond donors (Lipinski definition) is 1. The lowest BCUT2D eigenvalue weighted by Gasteiger charge is -2.28. The van der Waals surface area contributed by atoms with Gasteiger partial charge in [-0.2, -0.15) is 0 Å². The van der Waals surface area contributed by atoms with E-state index >= 15 is 0 Å². The maximum atomic E-state index is 10.9. The Kier molecular flexibility index (Phi) is 6.41. The maximum absolute atomic E-state index is 10.9. The molecule has 3 rings (SSSR count). The van der Waals surface area contributed by atoms with Crippen LogP contribution in [0.1, 0.15) is 74.9 Å². The van der Waals surface area contributed by atoms with Crippen LogP contribution < -0.4 is 0 Å². The van der Waals surface area contributed by atoms with Crippen LogP contribution >= 0.6 is 0 Å². The van der Waals surface area contributed by atoms with Crippen LogP contribution in [-0.2, 0) is 30.1 Å². The third kappa shape index (κ3) is 5.53. The summed E-state index contributed by atoms with van der Waals surface area (Å²) < 4.78 is 0. The lowest BCUT2D eigenvalue weighted by atomic mass is 9.78. The molecule has 0 fully saturated rings. The molecule has 0 atom stereocenters. The summed E-state index contributed by atoms with van der Waals surface area (Å²) in [5.74, 6) is 0.462. The van der Waals surface area contributed by atoms with Crippen molar-refractivity contribution in [3.8, 4) is 5.75 Å². The van der Waals surface area contributed by atoms with E-state index in [0.717, 1.165) is 30.4 Å². The van der Waals surface area contributed by atoms with E-state index in [1.807, 2.05) is 0 Å². The zero-order valence-electron chi connectivity index (χ0n) is 19.4. The molecule has 0 aliphatic heterocycles. The van der Waals surface area contributed by atoms with Crippen molar-refractivity contribution in [1.29, 1.82) is 0 Å². The molecule has 0 saturated heterocycles. The van der Waals surface area contributed by atoms with E-state index in [9.17, 15) is 5.11 Å². The largest absolute Gasteiger partial charge is 0.507 e. The van der Waals surface area contributed by atoms with E-state index in [2.05, 4.69) is 108 Å². The lowest BCUT2D eigenvalue weighted by molar-refractivity contribution is 0.422. The molecular weight excluding hydrogens is 364 g/mol. The van der Waals surface area contributed by atoms with Crippen LogP contribution in [-0.4, -0.2) is 5.11 Å². The quantitative estimate of drug-likeness (QED) is 0.474. The van der Waals surface area contributed by atoms with Crippen LogP contribution in [0.2, 0.25) is 0 Å². The van der Waals surface area contributed by atoms with Gasteiger partial charge in [0.25, 0.3) is 0 Å². The lowest BCUT2D eigenvalue weighted by Crippen LogP contribution is -2.18. The Morgan fingerprint density at radius 3 is 1.50 bits per heavy atom. The first-order chi connectivity index (χ1) is 14.0. The second-order valence-corrected chi connectivity index (χ2v) is 10.5. The van der Waals surface area contributed by atoms with E-state index in [0.29, 0.717) is 5.75 Å². The highest BCUT2D eigenvalue weighted by molar-refractivity contribution is 5.50. The predicted octanol–water partition coefficient (Wildman–Crippen LogP) is 7.36. The van der Waals surface area contributed by atoms with Crippen molar-refractivity contribution in [3.05, 3.63) is 100 Å². The van der Waals surface area contributed by atoms with Crippen LogP contribution in [0.25, 0.3) is 0 Å². The van der Waals surface area contributed by atoms with Gasteiger partial charge < -0.3 is 5.11 Å². The molecule has 0 aromatic heterocycles. The minimum absolute atomic E-state index is 0.0841. The van der Waals surface area contributed by atoms with Gasteiger partial charge in [0.05, 0.1) is 0 Å². The predicted molar refractivity (Wildman–Crippen MR) is 129 cm³/mol. The fourth-order valence-electron chi connectivity index (χ4n) is 3.93. The summed E-state index contributed by atoms with van der Waals surface area (Å²) in [6, 6.07) is 24.0. The third-order valence-electron chi connectivity index (χ3n) is 5.76. The van der Waals surface area contributed by atoms with Gasteiger partial charge >= 0.3 is 0 Å². The van der Waals surface area contributed by atoms with Crippen LogP contribution in [0.4, 0.5) is 0 Å². The molecule has 0 unspecified atom stereocenters. The van der Waals surface area contributed by atoms with Crippen LogP contribution in [0.15, 0.2) is 66.7 Å². The van der Waals surface area contributed by atoms with Crippen LogP contribution in [0.3, 0.4) is 0 Å². The molecule has 0 saturated carbocycles. The van der Waals surface area contributed by atoms with Gasteiger partial charge in [-0.3, -0.25) is 0 Å². The van der Waals surface area contributed by atoms with Gasteiger partial charge in [-0.15, -0.1) is 0 Å². The normalized spacial score (nSPS) is 12.2. The fourth-order valence-corrected chi connectivity index (χ4v) is 3.93. The smallest absolute Gasteiger partial charge is 0.123 e. The molecule has 158 valence electrons. The number of hydrogen-bond acceptors (Lipinski definition) is 1. The average molecular weight is 401 g/mol. The molecule has 30 heavy (non-hydrogen) atoms. The summed E-state index contributed by atoms with van der Waals surface area (Å²) in [7, 11) is 0. The summed E-state index contributed by atoms with van der Waals surface area (Å²) in [6.07, 6.45) is 2.96. The summed E-state index contributed by atoms with van der Waals surface area (Å²) in [4.78, 5) is 0. The Bertz CT molecular complexity index is 933. The molecule has 3 aromatic rings. The minimum Gasteiger partial charge on any atom is -0.507 e. The first kappa shape index (κ1) is 22.2. The molecule has 0 amide bonds. The average Bonchev–Trinajstić information content (AvgIpc) is 2.67. The monoisotopic (exact) mass is 400 g/mol. The molecule has 0 aliphatic carbocycles. The van der Waals surface area contributed by atoms with E-state index in [-0.39, 0.29) is 10.8 Å². The number of rotatable bonds is 5. The highest BCUT2D eigenvalue weighted by Crippen LogP contribution is 2.40. The van der Waals surface area contributed by atoms with Crippen molar-refractivity contribution < 1.29 is 5.11 Å². The van der Waals surface area contributed by atoms with E-state index < -0.39 is 0 Å². The summed E-state index contributed by atoms with van der Waals surface area (Å²) >= 11 is 0. The summed E-state index contributed by atoms with van der Waals surface area (Å²) in [5, 5.41) is 10.9. The van der Waals surface area contributed by atoms with Gasteiger partial charge in [-0.05, 0) is 63.5 Å². The second kappa shape index (κ2) is 8.68. The second-order valence-electron chi connectivity index (χ2n) is 10.5. The number of aromatic hydroxyl groups is 1. The van der Waals surface area contributed by atoms with E-state index in [1.54, 1.807) is 0 Å². The SMILES string of the molecule is CC(C)(C)c1cc(CCc2ccc(Cc3ccccc3)cc2)cc(C(C)(C)C)c1O. The summed E-state index contributed by atoms with van der Waals surface area (Å²) in [6.45, 7) is 13.0. The van der Waals surface area contributed by atoms with Crippen molar-refractivity contribution in [3.63, 3.8) is 0 Å². The van der Waals surface area contributed by atoms with Crippen molar-refractivity contribution >= 4 is 0 Å². The Labute approximate surface area is 182 Å². The molecule has 3 aromatic carbocycles. The molecule has 1 nitrogen and oxygen atoms in total. The number of phenols is 1. The van der Waals surface area contributed by atoms with Gasteiger partial charge in [-0.1, -0.05) is 108 Å². The van der Waals surface area contributed by atoms with Crippen LogP contribution in [0, 0.1) is 0 Å². The molecule has 0 bridgehead atoms. The first-order valence-electron chi connectivity index (χ1n) is 11.0. The van der Waals surface area contributed by atoms with Gasteiger partial charge in [-0.25, -0.2) is 0 Å². The Balaban J connectivity index is 1.76. The molecule has 0 aliphatic rings. The van der Waals surface area contributed by atoms with Gasteiger partial charge in [0.15, 0.2) is 0 Å². The highest BCUT2D eigenvalue weighted by atomic mass is 16.3. The van der Waals surface area contributed by atoms with Crippen LogP contribution in [0.5, 0.6) is 5.75 Å². The standard InChI is InChI=1S/C29H36O/c1-28(2,3)25-19-24(20-26(27(25)30)29(4,5)6)17-14-21-12-15-23(16-13-21)18-22-10-8-7-9-11-22/h7-13,15-16,19-20,30H,14,17-18H2,1-6H3. The van der Waals surface area contributed by atoms with Crippen molar-refractivity contribution in [1.82, 2.24) is 0 Å². The molecule has 1 N–H and O–H groups in total. The third-order valence-corrected chi connectivity index (χ3v) is 5.76. The number of phenolic OH excluding ortho intramolecular Hbond substituents is 1. The molecule has 0 radical (unpaired) electrons. The topological polar surface area (TPSA) is 20.2 Å².